The van der Waals surface area contributed by atoms with Crippen molar-refractivity contribution >= 4 is 29.0 Å². The zero-order valence-corrected chi connectivity index (χ0v) is 22.4. The molecular formula is C30H33F3N4O3. The monoisotopic (exact) mass is 554 g/mol. The van der Waals surface area contributed by atoms with Crippen molar-refractivity contribution in [2.24, 2.45) is 5.92 Å². The fourth-order valence-corrected chi connectivity index (χ4v) is 6.05. The number of likely N-dealkylation sites (tertiary alicyclic amines) is 2. The van der Waals surface area contributed by atoms with Crippen LogP contribution in [0.4, 0.5) is 13.2 Å². The van der Waals surface area contributed by atoms with Crippen LogP contribution in [0.3, 0.4) is 0 Å². The first kappa shape index (κ1) is 27.9. The largest absolute Gasteiger partial charge is 0.465 e. The third-order valence-electron chi connectivity index (χ3n) is 8.10. The molecule has 4 heterocycles. The van der Waals surface area contributed by atoms with Crippen molar-refractivity contribution in [2.75, 3.05) is 32.8 Å². The van der Waals surface area contributed by atoms with Gasteiger partial charge in [0.25, 0.3) is 0 Å². The molecule has 2 saturated heterocycles. The minimum Gasteiger partial charge on any atom is -0.465 e. The minimum absolute atomic E-state index is 0.0428. The molecule has 2 aromatic heterocycles. The number of hydrogen-bond donors (Lipinski definition) is 1. The molecule has 2 aliphatic heterocycles. The highest BCUT2D eigenvalue weighted by Gasteiger charge is 2.39. The molecule has 0 radical (unpaired) electrons. The Hall–Kier alpha value is -3.66. The van der Waals surface area contributed by atoms with Crippen molar-refractivity contribution in [1.82, 2.24) is 19.8 Å². The summed E-state index contributed by atoms with van der Waals surface area (Å²) in [7, 11) is 0. The van der Waals surface area contributed by atoms with E-state index in [0.29, 0.717) is 38.5 Å². The van der Waals surface area contributed by atoms with Crippen LogP contribution in [0.1, 0.15) is 49.7 Å². The molecule has 0 spiro atoms. The molecular weight excluding hydrogens is 521 g/mol. The second-order valence-corrected chi connectivity index (χ2v) is 10.4. The summed E-state index contributed by atoms with van der Waals surface area (Å²) in [5.41, 5.74) is 2.22. The van der Waals surface area contributed by atoms with Crippen molar-refractivity contribution in [3.05, 3.63) is 71.3 Å². The molecule has 1 atom stereocenters. The summed E-state index contributed by atoms with van der Waals surface area (Å²) in [6.07, 6.45) is 9.45. The summed E-state index contributed by atoms with van der Waals surface area (Å²) in [5.74, 6) is -4.25. The number of ether oxygens (including phenoxy) is 1. The molecule has 0 bridgehead atoms. The van der Waals surface area contributed by atoms with E-state index < -0.39 is 17.5 Å². The smallest absolute Gasteiger partial charge is 0.323 e. The summed E-state index contributed by atoms with van der Waals surface area (Å²) in [6.45, 7) is 4.56. The number of hydrogen-bond acceptors (Lipinski definition) is 5. The first-order valence-corrected chi connectivity index (χ1v) is 13.8. The number of rotatable bonds is 7. The lowest BCUT2D eigenvalue weighted by molar-refractivity contribution is -0.153. The van der Waals surface area contributed by atoms with E-state index in [1.165, 1.54) is 17.7 Å². The molecule has 1 aromatic carbocycles. The van der Waals surface area contributed by atoms with Gasteiger partial charge < -0.3 is 14.6 Å². The number of esters is 1. The van der Waals surface area contributed by atoms with Crippen LogP contribution in [0.25, 0.3) is 17.1 Å². The Kier molecular flexibility index (Phi) is 8.54. The van der Waals surface area contributed by atoms with Gasteiger partial charge in [-0.05, 0) is 99.0 Å². The lowest BCUT2D eigenvalue weighted by atomic mass is 9.84. The van der Waals surface area contributed by atoms with Crippen molar-refractivity contribution in [3.63, 3.8) is 0 Å². The second kappa shape index (κ2) is 12.2. The normalized spacial score (nSPS) is 18.4. The van der Waals surface area contributed by atoms with E-state index in [4.69, 9.17) is 4.74 Å². The van der Waals surface area contributed by atoms with E-state index in [1.807, 2.05) is 12.3 Å². The number of carbonyl (C=O) groups excluding carboxylic acids is 2. The molecule has 0 saturated carbocycles. The summed E-state index contributed by atoms with van der Waals surface area (Å²) >= 11 is 0. The van der Waals surface area contributed by atoms with Gasteiger partial charge in [-0.1, -0.05) is 0 Å². The van der Waals surface area contributed by atoms with Crippen molar-refractivity contribution in [3.8, 4) is 0 Å². The SMILES string of the molecule is CCOC(=O)C(C1CCN(C(=O)/C=C/c2cc(F)c(F)c(F)c2)CC1)N1CCC(c2c[nH]c3ncccc23)CC1. The molecule has 7 nitrogen and oxygen atoms in total. The average Bonchev–Trinajstić information content (AvgIpc) is 3.40. The third-order valence-corrected chi connectivity index (χ3v) is 8.10. The van der Waals surface area contributed by atoms with E-state index in [1.54, 1.807) is 18.0 Å². The van der Waals surface area contributed by atoms with E-state index in [0.717, 1.165) is 49.1 Å². The van der Waals surface area contributed by atoms with E-state index in [-0.39, 0.29) is 29.4 Å². The zero-order chi connectivity index (χ0) is 28.2. The number of carbonyl (C=O) groups is 2. The van der Waals surface area contributed by atoms with Crippen LogP contribution in [0.2, 0.25) is 0 Å². The van der Waals surface area contributed by atoms with Gasteiger partial charge in [-0.3, -0.25) is 14.5 Å². The fraction of sp³-hybridized carbons (Fsp3) is 0.433. The predicted molar refractivity (Wildman–Crippen MR) is 145 cm³/mol. The summed E-state index contributed by atoms with van der Waals surface area (Å²) in [4.78, 5) is 37.4. The Morgan fingerprint density at radius 2 is 1.80 bits per heavy atom. The highest BCUT2D eigenvalue weighted by Crippen LogP contribution is 2.35. The van der Waals surface area contributed by atoms with Gasteiger partial charge in [-0.25, -0.2) is 18.2 Å². The number of halogens is 3. The molecule has 0 aliphatic carbocycles. The number of aromatic nitrogens is 2. The third kappa shape index (κ3) is 5.91. The van der Waals surface area contributed by atoms with Gasteiger partial charge in [-0.2, -0.15) is 0 Å². The fourth-order valence-electron chi connectivity index (χ4n) is 6.05. The van der Waals surface area contributed by atoms with E-state index in [2.05, 4.69) is 20.9 Å². The Morgan fingerprint density at radius 3 is 2.48 bits per heavy atom. The minimum atomic E-state index is -1.54. The van der Waals surface area contributed by atoms with Gasteiger partial charge in [-0.15, -0.1) is 0 Å². The van der Waals surface area contributed by atoms with Crippen LogP contribution in [0.15, 0.2) is 42.7 Å². The number of nitrogens with zero attached hydrogens (tertiary/aromatic N) is 3. The van der Waals surface area contributed by atoms with Crippen LogP contribution in [-0.4, -0.2) is 70.5 Å². The molecule has 1 unspecified atom stereocenters. The first-order chi connectivity index (χ1) is 19.4. The maximum absolute atomic E-state index is 13.5. The molecule has 212 valence electrons. The summed E-state index contributed by atoms with van der Waals surface area (Å²) in [5, 5.41) is 1.14. The predicted octanol–water partition coefficient (Wildman–Crippen LogP) is 5.04. The van der Waals surface area contributed by atoms with Gasteiger partial charge in [0.05, 0.1) is 6.61 Å². The summed E-state index contributed by atoms with van der Waals surface area (Å²) < 4.78 is 45.6. The Bertz CT molecular complexity index is 1370. The Morgan fingerprint density at radius 1 is 1.10 bits per heavy atom. The van der Waals surface area contributed by atoms with Crippen molar-refractivity contribution in [1.29, 1.82) is 0 Å². The highest BCUT2D eigenvalue weighted by molar-refractivity contribution is 5.91. The molecule has 2 fully saturated rings. The van der Waals surface area contributed by atoms with Crippen LogP contribution < -0.4 is 0 Å². The van der Waals surface area contributed by atoms with Gasteiger partial charge >= 0.3 is 5.97 Å². The van der Waals surface area contributed by atoms with Crippen LogP contribution >= 0.6 is 0 Å². The van der Waals surface area contributed by atoms with Crippen molar-refractivity contribution < 1.29 is 27.5 Å². The average molecular weight is 555 g/mol. The maximum atomic E-state index is 13.5. The quantitative estimate of drug-likeness (QED) is 0.252. The summed E-state index contributed by atoms with van der Waals surface area (Å²) in [6, 6.07) is 5.35. The molecule has 3 aromatic rings. The number of piperidine rings is 2. The van der Waals surface area contributed by atoms with E-state index in [9.17, 15) is 22.8 Å². The second-order valence-electron chi connectivity index (χ2n) is 10.4. The number of aromatic amines is 1. The van der Waals surface area contributed by atoms with Gasteiger partial charge in [0.1, 0.15) is 11.7 Å². The number of nitrogens with one attached hydrogen (secondary N) is 1. The maximum Gasteiger partial charge on any atom is 0.323 e. The van der Waals surface area contributed by atoms with Crippen LogP contribution in [0.5, 0.6) is 0 Å². The molecule has 2 aliphatic rings. The molecule has 40 heavy (non-hydrogen) atoms. The van der Waals surface area contributed by atoms with Crippen molar-refractivity contribution in [2.45, 2.75) is 44.6 Å². The van der Waals surface area contributed by atoms with Crippen LogP contribution in [-0.2, 0) is 14.3 Å². The first-order valence-electron chi connectivity index (χ1n) is 13.8. The molecule has 1 N–H and O–H groups in total. The number of benzene rings is 1. The molecule has 1 amide bonds. The standard InChI is InChI=1S/C30H33F3N4O3/c1-2-40-30(39)28(37-14-7-20(8-15-37)23-18-35-29-22(23)4-3-11-34-29)21-9-12-36(13-10-21)26(38)6-5-19-16-24(31)27(33)25(32)17-19/h3-6,11,16-18,20-21,28H,2,7-10,12-15H2,1H3,(H,34,35)/b6-5+. The number of amides is 1. The zero-order valence-electron chi connectivity index (χ0n) is 22.4. The van der Waals surface area contributed by atoms with E-state index >= 15 is 0 Å². The van der Waals surface area contributed by atoms with Gasteiger partial charge in [0, 0.05) is 36.9 Å². The number of fused-ring (bicyclic) bond motifs is 1. The Balaban J connectivity index is 1.20. The van der Waals surface area contributed by atoms with Crippen LogP contribution in [0, 0.1) is 23.4 Å². The van der Waals surface area contributed by atoms with Gasteiger partial charge in [0.15, 0.2) is 17.5 Å². The van der Waals surface area contributed by atoms with Gasteiger partial charge in [0.2, 0.25) is 5.91 Å². The number of H-pyrrole nitrogens is 1. The lowest BCUT2D eigenvalue weighted by Crippen LogP contribution is -2.53. The lowest BCUT2D eigenvalue weighted by Gasteiger charge is -2.42. The molecule has 10 heteroatoms. The topological polar surface area (TPSA) is 78.5 Å². The number of pyridine rings is 1. The highest BCUT2D eigenvalue weighted by atomic mass is 19.2. The Labute approximate surface area is 231 Å². The molecule has 5 rings (SSSR count).